The molecular formula is C16H20N4O. The first-order chi connectivity index (χ1) is 10.0. The second-order valence-corrected chi connectivity index (χ2v) is 5.06. The number of nitrogens with two attached hydrogens (primary N) is 1. The van der Waals surface area contributed by atoms with Crippen LogP contribution in [0.5, 0.6) is 0 Å². The molecule has 0 radical (unpaired) electrons. The number of hydrazine groups is 1. The van der Waals surface area contributed by atoms with Gasteiger partial charge in [0.25, 0.3) is 5.91 Å². The highest BCUT2D eigenvalue weighted by atomic mass is 16.1. The van der Waals surface area contributed by atoms with Crippen LogP contribution < -0.4 is 16.6 Å². The average molecular weight is 284 g/mol. The molecule has 0 bridgehead atoms. The SMILES string of the molecule is CCc1cc(C(=O)Nc2cc(C)cc(C)c2)cc(NN)n1. The van der Waals surface area contributed by atoms with Crippen molar-refractivity contribution in [3.63, 3.8) is 0 Å². The van der Waals surface area contributed by atoms with Gasteiger partial charge in [-0.1, -0.05) is 13.0 Å². The van der Waals surface area contributed by atoms with Crippen LogP contribution >= 0.6 is 0 Å². The summed E-state index contributed by atoms with van der Waals surface area (Å²) < 4.78 is 0. The van der Waals surface area contributed by atoms with Crippen molar-refractivity contribution in [3.8, 4) is 0 Å². The maximum atomic E-state index is 12.4. The number of hydrogen-bond donors (Lipinski definition) is 3. The number of rotatable bonds is 4. The highest BCUT2D eigenvalue weighted by Crippen LogP contribution is 2.16. The topological polar surface area (TPSA) is 80.0 Å². The van der Waals surface area contributed by atoms with Crippen molar-refractivity contribution in [2.75, 3.05) is 10.7 Å². The van der Waals surface area contributed by atoms with Crippen molar-refractivity contribution in [1.29, 1.82) is 0 Å². The Morgan fingerprint density at radius 2 is 1.81 bits per heavy atom. The first-order valence-corrected chi connectivity index (χ1v) is 6.89. The molecule has 1 amide bonds. The van der Waals surface area contributed by atoms with E-state index in [2.05, 4.69) is 21.8 Å². The van der Waals surface area contributed by atoms with Crippen LogP contribution in [0.25, 0.3) is 0 Å². The maximum Gasteiger partial charge on any atom is 0.255 e. The van der Waals surface area contributed by atoms with Crippen molar-refractivity contribution in [3.05, 3.63) is 52.7 Å². The number of carbonyl (C=O) groups excluding carboxylic acids is 1. The molecule has 5 nitrogen and oxygen atoms in total. The Morgan fingerprint density at radius 1 is 1.14 bits per heavy atom. The number of carbonyl (C=O) groups is 1. The third-order valence-electron chi connectivity index (χ3n) is 3.13. The molecule has 2 rings (SSSR count). The molecule has 0 aliphatic carbocycles. The molecule has 1 heterocycles. The average Bonchev–Trinajstić information content (AvgIpc) is 2.45. The molecule has 0 saturated heterocycles. The quantitative estimate of drug-likeness (QED) is 0.596. The van der Waals surface area contributed by atoms with Crippen LogP contribution in [-0.2, 0) is 6.42 Å². The Bertz CT molecular complexity index is 625. The van der Waals surface area contributed by atoms with Gasteiger partial charge in [-0.3, -0.25) is 4.79 Å². The second kappa shape index (κ2) is 6.37. The Labute approximate surface area is 124 Å². The molecule has 1 aromatic carbocycles. The minimum absolute atomic E-state index is 0.173. The van der Waals surface area contributed by atoms with Gasteiger partial charge in [-0.05, 0) is 55.7 Å². The van der Waals surface area contributed by atoms with Crippen LogP contribution in [-0.4, -0.2) is 10.9 Å². The van der Waals surface area contributed by atoms with Crippen LogP contribution in [0, 0.1) is 13.8 Å². The zero-order valence-electron chi connectivity index (χ0n) is 12.5. The summed E-state index contributed by atoms with van der Waals surface area (Å²) in [6.07, 6.45) is 0.735. The molecule has 5 heteroatoms. The molecule has 0 aliphatic heterocycles. The first-order valence-electron chi connectivity index (χ1n) is 6.89. The lowest BCUT2D eigenvalue weighted by Gasteiger charge is -2.10. The van der Waals surface area contributed by atoms with E-state index in [0.717, 1.165) is 28.9 Å². The number of pyridine rings is 1. The number of aryl methyl sites for hydroxylation is 3. The minimum atomic E-state index is -0.173. The minimum Gasteiger partial charge on any atom is -0.322 e. The van der Waals surface area contributed by atoms with E-state index in [-0.39, 0.29) is 5.91 Å². The van der Waals surface area contributed by atoms with Gasteiger partial charge in [-0.15, -0.1) is 0 Å². The van der Waals surface area contributed by atoms with Gasteiger partial charge in [0.2, 0.25) is 0 Å². The van der Waals surface area contributed by atoms with Crippen LogP contribution in [0.15, 0.2) is 30.3 Å². The van der Waals surface area contributed by atoms with Crippen LogP contribution in [0.3, 0.4) is 0 Å². The summed E-state index contributed by atoms with van der Waals surface area (Å²) in [5, 5.41) is 2.91. The van der Waals surface area contributed by atoms with Crippen LogP contribution in [0.1, 0.15) is 34.1 Å². The largest absolute Gasteiger partial charge is 0.322 e. The van der Waals surface area contributed by atoms with Gasteiger partial charge in [0, 0.05) is 16.9 Å². The number of aromatic nitrogens is 1. The highest BCUT2D eigenvalue weighted by molar-refractivity contribution is 6.04. The molecule has 21 heavy (non-hydrogen) atoms. The predicted octanol–water partition coefficient (Wildman–Crippen LogP) is 2.80. The van der Waals surface area contributed by atoms with E-state index >= 15 is 0 Å². The molecule has 0 aliphatic rings. The van der Waals surface area contributed by atoms with E-state index < -0.39 is 0 Å². The lowest BCUT2D eigenvalue weighted by molar-refractivity contribution is 0.102. The lowest BCUT2D eigenvalue weighted by Crippen LogP contribution is -2.15. The van der Waals surface area contributed by atoms with E-state index in [1.165, 1.54) is 0 Å². The van der Waals surface area contributed by atoms with Crippen molar-refractivity contribution >= 4 is 17.4 Å². The van der Waals surface area contributed by atoms with E-state index in [1.807, 2.05) is 32.9 Å². The van der Waals surface area contributed by atoms with E-state index in [1.54, 1.807) is 12.1 Å². The normalized spacial score (nSPS) is 10.3. The number of anilines is 2. The van der Waals surface area contributed by atoms with Crippen LogP contribution in [0.4, 0.5) is 11.5 Å². The van der Waals surface area contributed by atoms with E-state index in [9.17, 15) is 4.79 Å². The third kappa shape index (κ3) is 3.79. The second-order valence-electron chi connectivity index (χ2n) is 5.06. The molecule has 0 unspecified atom stereocenters. The van der Waals surface area contributed by atoms with E-state index in [4.69, 9.17) is 5.84 Å². The van der Waals surface area contributed by atoms with Gasteiger partial charge in [-0.25, -0.2) is 10.8 Å². The Balaban J connectivity index is 2.27. The number of nitrogens with one attached hydrogen (secondary N) is 2. The predicted molar refractivity (Wildman–Crippen MR) is 85.3 cm³/mol. The number of hydrogen-bond acceptors (Lipinski definition) is 4. The standard InChI is InChI=1S/C16H20N4O/c1-4-13-8-12(9-15(18-13)20-17)16(21)19-14-6-10(2)5-11(3)7-14/h5-9H,4,17H2,1-3H3,(H,18,20)(H,19,21). The third-order valence-corrected chi connectivity index (χ3v) is 3.13. The van der Waals surface area contributed by atoms with Gasteiger partial charge in [0.05, 0.1) is 0 Å². The molecule has 0 saturated carbocycles. The number of benzene rings is 1. The van der Waals surface area contributed by atoms with Gasteiger partial charge < -0.3 is 10.7 Å². The summed E-state index contributed by atoms with van der Waals surface area (Å²) in [4.78, 5) is 16.6. The summed E-state index contributed by atoms with van der Waals surface area (Å²) >= 11 is 0. The molecule has 2 aromatic rings. The fraction of sp³-hybridized carbons (Fsp3) is 0.250. The summed E-state index contributed by atoms with van der Waals surface area (Å²) in [5.74, 6) is 5.70. The van der Waals surface area contributed by atoms with Crippen LogP contribution in [0.2, 0.25) is 0 Å². The monoisotopic (exact) mass is 284 g/mol. The Morgan fingerprint density at radius 3 is 2.38 bits per heavy atom. The van der Waals surface area contributed by atoms with Gasteiger partial charge in [-0.2, -0.15) is 0 Å². The smallest absolute Gasteiger partial charge is 0.255 e. The molecule has 110 valence electrons. The Hall–Kier alpha value is -2.40. The molecule has 0 atom stereocenters. The maximum absolute atomic E-state index is 12.4. The zero-order valence-corrected chi connectivity index (χ0v) is 12.5. The highest BCUT2D eigenvalue weighted by Gasteiger charge is 2.10. The molecule has 4 N–H and O–H groups in total. The van der Waals surface area contributed by atoms with Gasteiger partial charge >= 0.3 is 0 Å². The lowest BCUT2D eigenvalue weighted by atomic mass is 10.1. The first kappa shape index (κ1) is 15.0. The molecule has 0 spiro atoms. The van der Waals surface area contributed by atoms with E-state index in [0.29, 0.717) is 11.4 Å². The Kier molecular flexibility index (Phi) is 4.55. The van der Waals surface area contributed by atoms with Crippen molar-refractivity contribution in [2.45, 2.75) is 27.2 Å². The molecule has 0 fully saturated rings. The van der Waals surface area contributed by atoms with Crippen molar-refractivity contribution in [1.82, 2.24) is 4.98 Å². The van der Waals surface area contributed by atoms with Crippen molar-refractivity contribution in [2.24, 2.45) is 5.84 Å². The molecular weight excluding hydrogens is 264 g/mol. The number of nitrogens with zero attached hydrogens (tertiary/aromatic N) is 1. The number of amides is 1. The fourth-order valence-corrected chi connectivity index (χ4v) is 2.22. The zero-order chi connectivity index (χ0) is 15.4. The summed E-state index contributed by atoms with van der Waals surface area (Å²) in [6, 6.07) is 9.35. The number of nitrogen functional groups attached to an aromatic ring is 1. The van der Waals surface area contributed by atoms with Gasteiger partial charge in [0.1, 0.15) is 5.82 Å². The molecule has 1 aromatic heterocycles. The summed E-state index contributed by atoms with van der Waals surface area (Å²) in [5.41, 5.74) is 6.85. The van der Waals surface area contributed by atoms with Crippen molar-refractivity contribution < 1.29 is 4.79 Å². The summed E-state index contributed by atoms with van der Waals surface area (Å²) in [6.45, 7) is 5.98. The fourth-order valence-electron chi connectivity index (χ4n) is 2.22. The summed E-state index contributed by atoms with van der Waals surface area (Å²) in [7, 11) is 0. The van der Waals surface area contributed by atoms with Gasteiger partial charge in [0.15, 0.2) is 0 Å².